The molecule has 1 aliphatic rings. The molecule has 2 nitrogen and oxygen atoms in total. The van der Waals surface area contributed by atoms with E-state index in [4.69, 9.17) is 11.6 Å². The van der Waals surface area contributed by atoms with Crippen molar-refractivity contribution in [3.63, 3.8) is 0 Å². The predicted molar refractivity (Wildman–Crippen MR) is 65.8 cm³/mol. The molecule has 0 unspecified atom stereocenters. The second kappa shape index (κ2) is 6.35. The number of halogens is 1. The standard InChI is InChI=1S/C12H10ClN2S.Rb/c13-9-5-6-16-11(9)12-14-7-8-3-1-2-4-10(8)15-12;/h5-6H,1-4H2;/q-1;+1. The first-order valence-electron chi connectivity index (χ1n) is 5.35. The summed E-state index contributed by atoms with van der Waals surface area (Å²) in [5.74, 6) is 0.723. The third-order valence-corrected chi connectivity index (χ3v) is 4.13. The quantitative estimate of drug-likeness (QED) is 0.711. The molecule has 82 valence electrons. The van der Waals surface area contributed by atoms with E-state index in [1.807, 2.05) is 11.4 Å². The van der Waals surface area contributed by atoms with Gasteiger partial charge < -0.3 is 9.97 Å². The fourth-order valence-corrected chi connectivity index (χ4v) is 3.03. The van der Waals surface area contributed by atoms with Crippen LogP contribution in [0.4, 0.5) is 0 Å². The number of hydrogen-bond donors (Lipinski definition) is 0. The molecule has 0 bridgehead atoms. The van der Waals surface area contributed by atoms with E-state index in [1.165, 1.54) is 18.4 Å². The van der Waals surface area contributed by atoms with Crippen molar-refractivity contribution < 1.29 is 58.2 Å². The van der Waals surface area contributed by atoms with Crippen LogP contribution in [-0.2, 0) is 12.8 Å². The molecule has 0 aromatic carbocycles. The van der Waals surface area contributed by atoms with E-state index in [0.717, 1.165) is 34.3 Å². The van der Waals surface area contributed by atoms with Crippen molar-refractivity contribution in [1.29, 1.82) is 0 Å². The predicted octanol–water partition coefficient (Wildman–Crippen LogP) is 0.541. The summed E-state index contributed by atoms with van der Waals surface area (Å²) in [7, 11) is 0. The van der Waals surface area contributed by atoms with Crippen molar-refractivity contribution >= 4 is 22.9 Å². The maximum Gasteiger partial charge on any atom is 1.00 e. The van der Waals surface area contributed by atoms with Gasteiger partial charge in [-0.15, -0.1) is 5.56 Å². The molecule has 0 N–H and O–H groups in total. The Kier molecular flexibility index (Phi) is 5.34. The number of aryl methyl sites for hydroxylation is 2. The van der Waals surface area contributed by atoms with Gasteiger partial charge in [0.2, 0.25) is 0 Å². The monoisotopic (exact) mass is 334 g/mol. The molecule has 0 amide bonds. The molecule has 2 aromatic heterocycles. The number of fused-ring (bicyclic) bond motifs is 1. The summed E-state index contributed by atoms with van der Waals surface area (Å²) in [6.07, 6.45) is 7.66. The van der Waals surface area contributed by atoms with Crippen LogP contribution in [-0.4, -0.2) is 9.97 Å². The fourth-order valence-electron chi connectivity index (χ4n) is 1.96. The number of hydrogen-bond acceptors (Lipinski definition) is 3. The minimum Gasteiger partial charge on any atom is -0.368 e. The normalized spacial score (nSPS) is 13.9. The Morgan fingerprint density at radius 3 is 2.88 bits per heavy atom. The van der Waals surface area contributed by atoms with Crippen molar-refractivity contribution in [2.45, 2.75) is 25.7 Å². The molecular formula is C12H10ClN2RbS. The Hall–Kier alpha value is 0.875. The molecule has 0 radical (unpaired) electrons. The zero-order valence-electron chi connectivity index (χ0n) is 9.66. The molecule has 0 atom stereocenters. The molecule has 5 heteroatoms. The Balaban J connectivity index is 0.00000108. The number of nitrogens with zero attached hydrogens (tertiary/aromatic N) is 2. The van der Waals surface area contributed by atoms with Gasteiger partial charge >= 0.3 is 58.2 Å². The molecule has 0 saturated heterocycles. The summed E-state index contributed by atoms with van der Waals surface area (Å²) in [6.45, 7) is 0. The zero-order chi connectivity index (χ0) is 11.0. The van der Waals surface area contributed by atoms with Gasteiger partial charge in [0.15, 0.2) is 0 Å². The summed E-state index contributed by atoms with van der Waals surface area (Å²) >= 11 is 7.65. The molecule has 3 rings (SSSR count). The second-order valence-corrected chi connectivity index (χ2v) is 5.21. The van der Waals surface area contributed by atoms with E-state index in [9.17, 15) is 0 Å². The third kappa shape index (κ3) is 3.07. The van der Waals surface area contributed by atoms with Crippen molar-refractivity contribution in [1.82, 2.24) is 9.97 Å². The van der Waals surface area contributed by atoms with E-state index in [0.29, 0.717) is 0 Å². The van der Waals surface area contributed by atoms with Crippen LogP contribution in [0.15, 0.2) is 11.4 Å². The van der Waals surface area contributed by atoms with Gasteiger partial charge in [-0.2, -0.15) is 11.3 Å². The van der Waals surface area contributed by atoms with Crippen LogP contribution >= 0.6 is 22.9 Å². The summed E-state index contributed by atoms with van der Waals surface area (Å²) in [5.41, 5.74) is 2.34. The summed E-state index contributed by atoms with van der Waals surface area (Å²) in [4.78, 5) is 9.84. The van der Waals surface area contributed by atoms with Gasteiger partial charge in [-0.25, -0.2) is 0 Å². The summed E-state index contributed by atoms with van der Waals surface area (Å²) in [6, 6.07) is 1.88. The molecular weight excluding hydrogens is 325 g/mol. The molecule has 2 aromatic rings. The summed E-state index contributed by atoms with van der Waals surface area (Å²) < 4.78 is 0. The maximum atomic E-state index is 6.07. The molecule has 1 aliphatic carbocycles. The molecule has 0 aliphatic heterocycles. The SMILES string of the molecule is Clc1ccsc1-c1n[c-]c2c(n1)CCCC2.[Rb+]. The Labute approximate surface area is 159 Å². The maximum absolute atomic E-state index is 6.07. The van der Waals surface area contributed by atoms with Gasteiger partial charge in [0.25, 0.3) is 0 Å². The van der Waals surface area contributed by atoms with E-state index in [1.54, 1.807) is 11.3 Å². The van der Waals surface area contributed by atoms with Gasteiger partial charge in [-0.3, -0.25) is 0 Å². The number of aromatic nitrogens is 2. The molecule has 17 heavy (non-hydrogen) atoms. The van der Waals surface area contributed by atoms with Crippen LogP contribution < -0.4 is 58.2 Å². The first kappa shape index (κ1) is 14.3. The average molecular weight is 335 g/mol. The van der Waals surface area contributed by atoms with Gasteiger partial charge in [0.1, 0.15) is 0 Å². The molecule has 0 fully saturated rings. The second-order valence-electron chi connectivity index (χ2n) is 3.89. The average Bonchev–Trinajstić information content (AvgIpc) is 2.75. The first-order chi connectivity index (χ1) is 7.84. The Morgan fingerprint density at radius 1 is 1.29 bits per heavy atom. The van der Waals surface area contributed by atoms with Gasteiger partial charge in [-0.05, 0) is 17.9 Å². The Bertz CT molecular complexity index is 527. The van der Waals surface area contributed by atoms with E-state index in [-0.39, 0.29) is 58.2 Å². The van der Waals surface area contributed by atoms with Crippen molar-refractivity contribution in [3.05, 3.63) is 33.9 Å². The third-order valence-electron chi connectivity index (χ3n) is 2.80. The summed E-state index contributed by atoms with van der Waals surface area (Å²) in [5, 5.41) is 2.69. The van der Waals surface area contributed by atoms with Gasteiger partial charge in [-0.1, -0.05) is 42.8 Å². The van der Waals surface area contributed by atoms with Crippen molar-refractivity contribution in [2.24, 2.45) is 0 Å². The van der Waals surface area contributed by atoms with Crippen LogP contribution in [0.25, 0.3) is 10.7 Å². The van der Waals surface area contributed by atoms with E-state index in [2.05, 4.69) is 16.2 Å². The van der Waals surface area contributed by atoms with Crippen LogP contribution in [0.5, 0.6) is 0 Å². The number of thiophene rings is 1. The van der Waals surface area contributed by atoms with Gasteiger partial charge in [0.05, 0.1) is 5.82 Å². The molecule has 0 spiro atoms. The van der Waals surface area contributed by atoms with Crippen molar-refractivity contribution in [2.75, 3.05) is 0 Å². The van der Waals surface area contributed by atoms with Crippen LogP contribution in [0.1, 0.15) is 24.1 Å². The van der Waals surface area contributed by atoms with E-state index < -0.39 is 0 Å². The van der Waals surface area contributed by atoms with Crippen LogP contribution in [0.3, 0.4) is 0 Å². The number of rotatable bonds is 1. The fraction of sp³-hybridized carbons (Fsp3) is 0.333. The topological polar surface area (TPSA) is 25.8 Å². The molecule has 0 saturated carbocycles. The minimum absolute atomic E-state index is 0. The van der Waals surface area contributed by atoms with E-state index >= 15 is 0 Å². The minimum atomic E-state index is 0. The first-order valence-corrected chi connectivity index (χ1v) is 6.61. The Morgan fingerprint density at radius 2 is 2.12 bits per heavy atom. The largest absolute Gasteiger partial charge is 1.00 e. The van der Waals surface area contributed by atoms with Crippen molar-refractivity contribution in [3.8, 4) is 10.7 Å². The van der Waals surface area contributed by atoms with Crippen LogP contribution in [0, 0.1) is 6.20 Å². The van der Waals surface area contributed by atoms with Crippen LogP contribution in [0.2, 0.25) is 5.02 Å². The zero-order valence-corrected chi connectivity index (χ0v) is 16.2. The smallest absolute Gasteiger partial charge is 0.368 e. The van der Waals surface area contributed by atoms with Gasteiger partial charge in [0, 0.05) is 9.90 Å². The molecule has 2 heterocycles.